The van der Waals surface area contributed by atoms with Crippen molar-refractivity contribution in [2.24, 2.45) is 0 Å². The predicted octanol–water partition coefficient (Wildman–Crippen LogP) is 2.69. The van der Waals surface area contributed by atoms with E-state index >= 15 is 0 Å². The molecule has 0 N–H and O–H groups in total. The third kappa shape index (κ3) is 1.97. The van der Waals surface area contributed by atoms with Crippen LogP contribution in [0.1, 0.15) is 25.7 Å². The molecule has 94 valence electrons. The Labute approximate surface area is 107 Å². The number of piperidine rings is 1. The second kappa shape index (κ2) is 4.77. The molecule has 3 rings (SSSR count). The first-order chi connectivity index (χ1) is 8.88. The minimum atomic E-state index is 0.306. The van der Waals surface area contributed by atoms with Crippen molar-refractivity contribution in [3.8, 4) is 17.6 Å². The minimum Gasteiger partial charge on any atom is -0.454 e. The Morgan fingerprint density at radius 2 is 2.17 bits per heavy atom. The molecule has 18 heavy (non-hydrogen) atoms. The lowest BCUT2D eigenvalue weighted by Gasteiger charge is -2.36. The molecule has 4 nitrogen and oxygen atoms in total. The maximum absolute atomic E-state index is 8.92. The summed E-state index contributed by atoms with van der Waals surface area (Å²) in [5.41, 5.74) is 1.14. The van der Waals surface area contributed by atoms with E-state index < -0.39 is 0 Å². The van der Waals surface area contributed by atoms with Gasteiger partial charge in [0, 0.05) is 24.3 Å². The monoisotopic (exact) mass is 244 g/mol. The molecule has 2 aliphatic rings. The molecule has 1 aromatic rings. The summed E-state index contributed by atoms with van der Waals surface area (Å²) in [6.45, 7) is 1.33. The van der Waals surface area contributed by atoms with E-state index in [9.17, 15) is 0 Å². The van der Waals surface area contributed by atoms with Gasteiger partial charge in [-0.3, -0.25) is 0 Å². The zero-order valence-corrected chi connectivity index (χ0v) is 10.3. The molecule has 1 aromatic carbocycles. The van der Waals surface area contributed by atoms with Crippen molar-refractivity contribution in [1.29, 1.82) is 5.26 Å². The summed E-state index contributed by atoms with van der Waals surface area (Å²) in [5.74, 6) is 1.63. The quantitative estimate of drug-likeness (QED) is 0.802. The topological polar surface area (TPSA) is 45.5 Å². The van der Waals surface area contributed by atoms with Crippen LogP contribution in [0.25, 0.3) is 0 Å². The van der Waals surface area contributed by atoms with E-state index in [0.717, 1.165) is 30.2 Å². The Morgan fingerprint density at radius 3 is 3.06 bits per heavy atom. The standard InChI is InChI=1S/C14H16N2O2/c15-7-6-11-3-1-2-8-16(11)12-4-5-13-14(9-12)18-10-17-13/h4-5,9,11H,1-3,6,8,10H2. The summed E-state index contributed by atoms with van der Waals surface area (Å²) in [4.78, 5) is 2.33. The molecular weight excluding hydrogens is 228 g/mol. The number of nitriles is 1. The summed E-state index contributed by atoms with van der Waals surface area (Å²) >= 11 is 0. The highest BCUT2D eigenvalue weighted by Gasteiger charge is 2.24. The number of nitrogens with zero attached hydrogens (tertiary/aromatic N) is 2. The Hall–Kier alpha value is -1.89. The molecule has 0 bridgehead atoms. The van der Waals surface area contributed by atoms with Crippen molar-refractivity contribution >= 4 is 5.69 Å². The van der Waals surface area contributed by atoms with Crippen LogP contribution >= 0.6 is 0 Å². The van der Waals surface area contributed by atoms with Gasteiger partial charge < -0.3 is 14.4 Å². The molecule has 0 saturated carbocycles. The van der Waals surface area contributed by atoms with Gasteiger partial charge in [-0.1, -0.05) is 0 Å². The van der Waals surface area contributed by atoms with Crippen LogP contribution in [0.5, 0.6) is 11.5 Å². The van der Waals surface area contributed by atoms with Gasteiger partial charge >= 0.3 is 0 Å². The van der Waals surface area contributed by atoms with Gasteiger partial charge in [-0.05, 0) is 31.4 Å². The van der Waals surface area contributed by atoms with Crippen molar-refractivity contribution in [3.05, 3.63) is 18.2 Å². The second-order valence-corrected chi connectivity index (χ2v) is 4.74. The molecule has 1 saturated heterocycles. The Bertz CT molecular complexity index is 481. The lowest BCUT2D eigenvalue weighted by atomic mass is 9.99. The van der Waals surface area contributed by atoms with Crippen molar-refractivity contribution in [2.75, 3.05) is 18.2 Å². The third-order valence-electron chi connectivity index (χ3n) is 3.64. The Balaban J connectivity index is 1.86. The molecule has 4 heteroatoms. The molecule has 2 aliphatic heterocycles. The average molecular weight is 244 g/mol. The third-order valence-corrected chi connectivity index (χ3v) is 3.64. The van der Waals surface area contributed by atoms with E-state index in [1.807, 2.05) is 12.1 Å². The fourth-order valence-electron chi connectivity index (χ4n) is 2.72. The molecular formula is C14H16N2O2. The fourth-order valence-corrected chi connectivity index (χ4v) is 2.72. The smallest absolute Gasteiger partial charge is 0.231 e. The number of ether oxygens (including phenoxy) is 2. The molecule has 0 spiro atoms. The van der Waals surface area contributed by atoms with Gasteiger partial charge in [-0.25, -0.2) is 0 Å². The normalized spacial score (nSPS) is 21.7. The largest absolute Gasteiger partial charge is 0.454 e. The van der Waals surface area contributed by atoms with E-state index in [2.05, 4.69) is 17.0 Å². The maximum atomic E-state index is 8.92. The second-order valence-electron chi connectivity index (χ2n) is 4.74. The van der Waals surface area contributed by atoms with Crippen LogP contribution in [0.15, 0.2) is 18.2 Å². The lowest BCUT2D eigenvalue weighted by molar-refractivity contribution is 0.174. The predicted molar refractivity (Wildman–Crippen MR) is 67.8 cm³/mol. The van der Waals surface area contributed by atoms with Crippen molar-refractivity contribution < 1.29 is 9.47 Å². The van der Waals surface area contributed by atoms with Gasteiger partial charge in [0.25, 0.3) is 0 Å². The van der Waals surface area contributed by atoms with Crippen molar-refractivity contribution in [3.63, 3.8) is 0 Å². The number of hydrogen-bond acceptors (Lipinski definition) is 4. The van der Waals surface area contributed by atoms with E-state index in [1.54, 1.807) is 0 Å². The summed E-state index contributed by atoms with van der Waals surface area (Å²) in [7, 11) is 0. The lowest BCUT2D eigenvalue weighted by Crippen LogP contribution is -2.39. The number of benzene rings is 1. The first kappa shape index (κ1) is 11.2. The van der Waals surface area contributed by atoms with Gasteiger partial charge in [-0.2, -0.15) is 5.26 Å². The zero-order valence-electron chi connectivity index (χ0n) is 10.3. The van der Waals surface area contributed by atoms with Crippen LogP contribution in [0.3, 0.4) is 0 Å². The van der Waals surface area contributed by atoms with Gasteiger partial charge in [0.05, 0.1) is 12.5 Å². The average Bonchev–Trinajstić information content (AvgIpc) is 2.87. The summed E-state index contributed by atoms with van der Waals surface area (Å²) in [5, 5.41) is 8.92. The van der Waals surface area contributed by atoms with E-state index in [1.165, 1.54) is 12.8 Å². The molecule has 0 radical (unpaired) electrons. The molecule has 1 atom stereocenters. The van der Waals surface area contributed by atoms with Gasteiger partial charge in [0.15, 0.2) is 11.5 Å². The number of fused-ring (bicyclic) bond motifs is 1. The highest BCUT2D eigenvalue weighted by Crippen LogP contribution is 2.37. The first-order valence-electron chi connectivity index (χ1n) is 6.42. The van der Waals surface area contributed by atoms with Crippen LogP contribution in [0.2, 0.25) is 0 Å². The Morgan fingerprint density at radius 1 is 1.28 bits per heavy atom. The molecule has 1 unspecified atom stereocenters. The van der Waals surface area contributed by atoms with Crippen LogP contribution < -0.4 is 14.4 Å². The van der Waals surface area contributed by atoms with Crippen LogP contribution in [-0.2, 0) is 0 Å². The van der Waals surface area contributed by atoms with Crippen LogP contribution in [-0.4, -0.2) is 19.4 Å². The highest BCUT2D eigenvalue weighted by atomic mass is 16.7. The molecule has 1 fully saturated rings. The van der Waals surface area contributed by atoms with Crippen molar-refractivity contribution in [1.82, 2.24) is 0 Å². The molecule has 0 aliphatic carbocycles. The van der Waals surface area contributed by atoms with Crippen LogP contribution in [0, 0.1) is 11.3 Å². The van der Waals surface area contributed by atoms with Gasteiger partial charge in [0.1, 0.15) is 0 Å². The molecule has 2 heterocycles. The van der Waals surface area contributed by atoms with E-state index in [-0.39, 0.29) is 0 Å². The SMILES string of the molecule is N#CCC1CCCCN1c1ccc2c(c1)OCO2. The van der Waals surface area contributed by atoms with Crippen molar-refractivity contribution in [2.45, 2.75) is 31.7 Å². The van der Waals surface area contributed by atoms with E-state index in [0.29, 0.717) is 19.3 Å². The number of hydrogen-bond donors (Lipinski definition) is 0. The molecule has 0 amide bonds. The Kier molecular flexibility index (Phi) is 2.97. The van der Waals surface area contributed by atoms with E-state index in [4.69, 9.17) is 14.7 Å². The zero-order chi connectivity index (χ0) is 12.4. The highest BCUT2D eigenvalue weighted by molar-refractivity contribution is 5.58. The number of anilines is 1. The summed E-state index contributed by atoms with van der Waals surface area (Å²) in [6, 6.07) is 8.67. The van der Waals surface area contributed by atoms with Crippen LogP contribution in [0.4, 0.5) is 5.69 Å². The molecule has 0 aromatic heterocycles. The number of rotatable bonds is 2. The van der Waals surface area contributed by atoms with Gasteiger partial charge in [-0.15, -0.1) is 0 Å². The fraction of sp³-hybridized carbons (Fsp3) is 0.500. The summed E-state index contributed by atoms with van der Waals surface area (Å²) < 4.78 is 10.7. The summed E-state index contributed by atoms with van der Waals surface area (Å²) in [6.07, 6.45) is 4.10. The maximum Gasteiger partial charge on any atom is 0.231 e. The first-order valence-corrected chi connectivity index (χ1v) is 6.42. The minimum absolute atomic E-state index is 0.306. The van der Waals surface area contributed by atoms with Gasteiger partial charge in [0.2, 0.25) is 6.79 Å².